The number of hydrogen-bond donors (Lipinski definition) is 0. The molecule has 3 nitrogen and oxygen atoms in total. The second kappa shape index (κ2) is 7.78. The van der Waals surface area contributed by atoms with E-state index in [-0.39, 0.29) is 6.42 Å². The predicted octanol–water partition coefficient (Wildman–Crippen LogP) is 4.17. The number of nitrogens with zero attached hydrogens (tertiary/aromatic N) is 3. The number of likely N-dealkylation sites (tertiary alicyclic amines) is 1. The molecule has 1 aromatic rings. The number of aromatic nitrogens is 2. The summed E-state index contributed by atoms with van der Waals surface area (Å²) in [6.45, 7) is 2.11. The van der Waals surface area contributed by atoms with Gasteiger partial charge < -0.3 is 4.90 Å². The number of likely N-dealkylation sites (N-methyl/N-ethyl adjacent to an activating group) is 1. The lowest BCUT2D eigenvalue weighted by atomic mass is 9.96. The van der Waals surface area contributed by atoms with Crippen LogP contribution in [0.1, 0.15) is 43.7 Å². The molecule has 0 spiro atoms. The summed E-state index contributed by atoms with van der Waals surface area (Å²) in [4.78, 5) is 2.30. The summed E-state index contributed by atoms with van der Waals surface area (Å²) in [6.07, 6.45) is -1.69. The summed E-state index contributed by atoms with van der Waals surface area (Å²) >= 11 is 2.76. The molecule has 0 amide bonds. The van der Waals surface area contributed by atoms with Gasteiger partial charge >= 0.3 is 6.18 Å². The number of rotatable bonds is 6. The molecular formula is C13H20F3N3S2. The molecule has 1 saturated heterocycles. The van der Waals surface area contributed by atoms with Gasteiger partial charge in [-0.2, -0.15) is 21.9 Å². The number of alkyl halides is 3. The third-order valence-corrected chi connectivity index (χ3v) is 5.31. The number of unbranched alkanes of at least 4 members (excludes halogenated alkanes) is 1. The summed E-state index contributed by atoms with van der Waals surface area (Å²) in [7, 11) is 2.11. The molecule has 8 heteroatoms. The van der Waals surface area contributed by atoms with Crippen LogP contribution in [0.15, 0.2) is 5.03 Å². The topological polar surface area (TPSA) is 29.0 Å². The number of halogens is 3. The van der Waals surface area contributed by atoms with Gasteiger partial charge in [-0.15, -0.1) is 11.8 Å². The SMILES string of the molecule is CN1CCCC(c2nsnc2SCCCCC(F)(F)F)C1. The zero-order chi connectivity index (χ0) is 15.3. The predicted molar refractivity (Wildman–Crippen MR) is 80.0 cm³/mol. The van der Waals surface area contributed by atoms with Crippen LogP contribution in [0.5, 0.6) is 0 Å². The summed E-state index contributed by atoms with van der Waals surface area (Å²) in [5.74, 6) is 1.09. The average molecular weight is 339 g/mol. The highest BCUT2D eigenvalue weighted by molar-refractivity contribution is 7.99. The summed E-state index contributed by atoms with van der Waals surface area (Å²) in [5.41, 5.74) is 1.05. The number of thioether (sulfide) groups is 1. The van der Waals surface area contributed by atoms with Gasteiger partial charge in [0.1, 0.15) is 5.03 Å². The standard InChI is InChI=1S/C13H20F3N3S2/c1-19-7-4-5-10(9-19)11-12(18-21-17-11)20-8-3-2-6-13(14,15)16/h10H,2-9H2,1H3. The first kappa shape index (κ1) is 17.0. The Labute approximate surface area is 131 Å². The zero-order valence-corrected chi connectivity index (χ0v) is 13.7. The van der Waals surface area contributed by atoms with E-state index in [0.717, 1.165) is 36.7 Å². The molecule has 1 fully saturated rings. The smallest absolute Gasteiger partial charge is 0.306 e. The van der Waals surface area contributed by atoms with Gasteiger partial charge in [0.05, 0.1) is 17.4 Å². The Bertz CT molecular complexity index is 437. The van der Waals surface area contributed by atoms with E-state index >= 15 is 0 Å². The average Bonchev–Trinajstić information content (AvgIpc) is 2.85. The molecule has 1 atom stereocenters. The van der Waals surface area contributed by atoms with Gasteiger partial charge in [0.25, 0.3) is 0 Å². The monoisotopic (exact) mass is 339 g/mol. The molecule has 0 radical (unpaired) electrons. The highest BCUT2D eigenvalue weighted by Gasteiger charge is 2.26. The molecular weight excluding hydrogens is 319 g/mol. The minimum absolute atomic E-state index is 0.190. The minimum Gasteiger partial charge on any atom is -0.306 e. The first-order valence-corrected chi connectivity index (χ1v) is 8.88. The van der Waals surface area contributed by atoms with Gasteiger partial charge in [-0.1, -0.05) is 0 Å². The second-order valence-electron chi connectivity index (χ2n) is 5.48. The lowest BCUT2D eigenvalue weighted by Crippen LogP contribution is -2.31. The van der Waals surface area contributed by atoms with E-state index in [4.69, 9.17) is 0 Å². The maximum Gasteiger partial charge on any atom is 0.389 e. The molecule has 0 aliphatic carbocycles. The zero-order valence-electron chi connectivity index (χ0n) is 12.0. The van der Waals surface area contributed by atoms with Crippen LogP contribution in [0.4, 0.5) is 13.2 Å². The lowest BCUT2D eigenvalue weighted by molar-refractivity contribution is -0.135. The van der Waals surface area contributed by atoms with Gasteiger partial charge in [0.2, 0.25) is 0 Å². The van der Waals surface area contributed by atoms with Crippen molar-refractivity contribution in [3.8, 4) is 0 Å². The summed E-state index contributed by atoms with van der Waals surface area (Å²) in [5, 5.41) is 0.923. The molecule has 0 aromatic carbocycles. The molecule has 2 rings (SSSR count). The molecule has 120 valence electrons. The van der Waals surface area contributed by atoms with E-state index in [1.807, 2.05) is 0 Å². The first-order valence-electron chi connectivity index (χ1n) is 7.16. The number of piperidine rings is 1. The van der Waals surface area contributed by atoms with Crippen molar-refractivity contribution in [1.29, 1.82) is 0 Å². The Hall–Kier alpha value is -0.340. The van der Waals surface area contributed by atoms with E-state index in [1.54, 1.807) is 11.8 Å². The van der Waals surface area contributed by atoms with E-state index in [1.165, 1.54) is 11.7 Å². The van der Waals surface area contributed by atoms with Gasteiger partial charge in [0.15, 0.2) is 0 Å². The Balaban J connectivity index is 1.78. The largest absolute Gasteiger partial charge is 0.389 e. The molecule has 1 aliphatic rings. The fourth-order valence-electron chi connectivity index (χ4n) is 2.52. The maximum absolute atomic E-state index is 12.1. The quantitative estimate of drug-likeness (QED) is 0.574. The fourth-order valence-corrected chi connectivity index (χ4v) is 4.33. The van der Waals surface area contributed by atoms with Gasteiger partial charge in [-0.3, -0.25) is 0 Å². The maximum atomic E-state index is 12.1. The van der Waals surface area contributed by atoms with Crippen molar-refractivity contribution >= 4 is 23.5 Å². The van der Waals surface area contributed by atoms with Crippen LogP contribution < -0.4 is 0 Å². The van der Waals surface area contributed by atoms with Crippen LogP contribution in [0.25, 0.3) is 0 Å². The van der Waals surface area contributed by atoms with Crippen molar-refractivity contribution in [2.75, 3.05) is 25.9 Å². The van der Waals surface area contributed by atoms with Crippen molar-refractivity contribution in [3.05, 3.63) is 5.69 Å². The molecule has 0 saturated carbocycles. The molecule has 0 bridgehead atoms. The van der Waals surface area contributed by atoms with E-state index in [2.05, 4.69) is 20.7 Å². The van der Waals surface area contributed by atoms with Crippen LogP contribution in [-0.4, -0.2) is 45.7 Å². The van der Waals surface area contributed by atoms with Gasteiger partial charge in [-0.05, 0) is 45.0 Å². The fraction of sp³-hybridized carbons (Fsp3) is 0.846. The van der Waals surface area contributed by atoms with Crippen LogP contribution in [0, 0.1) is 0 Å². The van der Waals surface area contributed by atoms with E-state index in [9.17, 15) is 13.2 Å². The van der Waals surface area contributed by atoms with Gasteiger partial charge in [0, 0.05) is 18.9 Å². The first-order chi connectivity index (χ1) is 9.96. The second-order valence-corrected chi connectivity index (χ2v) is 7.09. The van der Waals surface area contributed by atoms with E-state index in [0.29, 0.717) is 18.1 Å². The minimum atomic E-state index is -4.04. The van der Waals surface area contributed by atoms with Crippen LogP contribution >= 0.6 is 23.5 Å². The van der Waals surface area contributed by atoms with Gasteiger partial charge in [-0.25, -0.2) is 0 Å². The Morgan fingerprint density at radius 2 is 2.14 bits per heavy atom. The highest BCUT2D eigenvalue weighted by Crippen LogP contribution is 2.33. The molecule has 21 heavy (non-hydrogen) atoms. The Morgan fingerprint density at radius 3 is 2.86 bits per heavy atom. The summed E-state index contributed by atoms with van der Waals surface area (Å²) < 4.78 is 44.9. The Kier molecular flexibility index (Phi) is 6.31. The molecule has 0 N–H and O–H groups in total. The third-order valence-electron chi connectivity index (χ3n) is 3.59. The molecule has 2 heterocycles. The molecule has 1 unspecified atom stereocenters. The van der Waals surface area contributed by atoms with Crippen molar-refractivity contribution in [2.24, 2.45) is 0 Å². The van der Waals surface area contributed by atoms with Crippen molar-refractivity contribution < 1.29 is 13.2 Å². The van der Waals surface area contributed by atoms with Crippen molar-refractivity contribution in [3.63, 3.8) is 0 Å². The van der Waals surface area contributed by atoms with Crippen LogP contribution in [0.2, 0.25) is 0 Å². The van der Waals surface area contributed by atoms with Crippen LogP contribution in [-0.2, 0) is 0 Å². The van der Waals surface area contributed by atoms with E-state index < -0.39 is 12.6 Å². The lowest BCUT2D eigenvalue weighted by Gasteiger charge is -2.28. The molecule has 1 aliphatic heterocycles. The normalized spacial score (nSPS) is 20.9. The third kappa shape index (κ3) is 5.75. The van der Waals surface area contributed by atoms with Crippen molar-refractivity contribution in [1.82, 2.24) is 13.6 Å². The highest BCUT2D eigenvalue weighted by atomic mass is 32.2. The number of hydrogen-bond acceptors (Lipinski definition) is 5. The molecule has 1 aromatic heterocycles. The van der Waals surface area contributed by atoms with Crippen molar-refractivity contribution in [2.45, 2.75) is 49.2 Å². The van der Waals surface area contributed by atoms with Crippen LogP contribution in [0.3, 0.4) is 0 Å². The summed E-state index contributed by atoms with van der Waals surface area (Å²) in [6, 6.07) is 0. The Morgan fingerprint density at radius 1 is 1.33 bits per heavy atom.